The van der Waals surface area contributed by atoms with E-state index in [4.69, 9.17) is 11.6 Å². The predicted molar refractivity (Wildman–Crippen MR) is 49.3 cm³/mol. The molecule has 0 aliphatic rings. The Bertz CT molecular complexity index is 280. The van der Waals surface area contributed by atoms with Gasteiger partial charge >= 0.3 is 0 Å². The van der Waals surface area contributed by atoms with E-state index in [1.165, 1.54) is 12.1 Å². The molecule has 1 nitrogen and oxygen atoms in total. The zero-order valence-corrected chi connectivity index (χ0v) is 8.19. The standard InChI is InChI=1S/C7H3ClFIO/c8-7(11)4-1-5(9)3-6(10)2-4/h1-3H. The van der Waals surface area contributed by atoms with Crippen molar-refractivity contribution < 1.29 is 9.18 Å². The van der Waals surface area contributed by atoms with Crippen LogP contribution in [-0.4, -0.2) is 5.24 Å². The molecule has 0 spiro atoms. The normalized spacial score (nSPS) is 9.73. The summed E-state index contributed by atoms with van der Waals surface area (Å²) in [6, 6.07) is 3.96. The van der Waals surface area contributed by atoms with Gasteiger partial charge in [-0.3, -0.25) is 4.79 Å². The first kappa shape index (κ1) is 8.93. The molecule has 0 amide bonds. The number of benzene rings is 1. The third-order valence-electron chi connectivity index (χ3n) is 1.09. The van der Waals surface area contributed by atoms with Crippen LogP contribution >= 0.6 is 34.2 Å². The summed E-state index contributed by atoms with van der Waals surface area (Å²) in [5.74, 6) is -0.444. The average Bonchev–Trinajstić information content (AvgIpc) is 1.85. The molecule has 0 aromatic heterocycles. The lowest BCUT2D eigenvalue weighted by atomic mass is 10.2. The third-order valence-corrected chi connectivity index (χ3v) is 1.93. The highest BCUT2D eigenvalue weighted by Crippen LogP contribution is 2.12. The molecule has 4 heteroatoms. The van der Waals surface area contributed by atoms with Gasteiger partial charge in [0, 0.05) is 9.13 Å². The fourth-order valence-corrected chi connectivity index (χ4v) is 1.41. The van der Waals surface area contributed by atoms with E-state index in [2.05, 4.69) is 0 Å². The second-order valence-corrected chi connectivity index (χ2v) is 3.52. The summed E-state index contributed by atoms with van der Waals surface area (Å²) in [6.45, 7) is 0. The van der Waals surface area contributed by atoms with Crippen LogP contribution in [0.4, 0.5) is 4.39 Å². The molecule has 0 radical (unpaired) electrons. The van der Waals surface area contributed by atoms with E-state index < -0.39 is 11.1 Å². The molecule has 0 bridgehead atoms. The fourth-order valence-electron chi connectivity index (χ4n) is 0.667. The molecule has 0 aliphatic heterocycles. The first-order chi connectivity index (χ1) is 5.09. The summed E-state index contributed by atoms with van der Waals surface area (Å²) < 4.78 is 13.2. The SMILES string of the molecule is O=C(Cl)c1cc(F)cc(I)c1. The van der Waals surface area contributed by atoms with Gasteiger partial charge in [0.2, 0.25) is 0 Å². The maximum atomic E-state index is 12.6. The Morgan fingerprint density at radius 3 is 2.55 bits per heavy atom. The molecule has 0 heterocycles. The highest BCUT2D eigenvalue weighted by Gasteiger charge is 2.03. The van der Waals surface area contributed by atoms with Gasteiger partial charge in [-0.25, -0.2) is 4.39 Å². The Labute approximate surface area is 81.7 Å². The minimum absolute atomic E-state index is 0.191. The van der Waals surface area contributed by atoms with Gasteiger partial charge in [0.05, 0.1) is 0 Å². The van der Waals surface area contributed by atoms with Gasteiger partial charge in [-0.15, -0.1) is 0 Å². The van der Waals surface area contributed by atoms with E-state index in [-0.39, 0.29) is 5.56 Å². The molecule has 0 saturated carbocycles. The lowest BCUT2D eigenvalue weighted by Crippen LogP contribution is -1.90. The van der Waals surface area contributed by atoms with Crippen LogP contribution in [0.5, 0.6) is 0 Å². The molecule has 0 fully saturated rings. The molecule has 0 unspecified atom stereocenters. The molecule has 0 atom stereocenters. The smallest absolute Gasteiger partial charge is 0.252 e. The van der Waals surface area contributed by atoms with E-state index in [0.29, 0.717) is 3.57 Å². The predicted octanol–water partition coefficient (Wildman–Crippen LogP) is 2.81. The van der Waals surface area contributed by atoms with Crippen molar-refractivity contribution in [3.05, 3.63) is 33.1 Å². The molecular formula is C7H3ClFIO. The van der Waals surface area contributed by atoms with Crippen LogP contribution in [0.15, 0.2) is 18.2 Å². The van der Waals surface area contributed by atoms with Gasteiger partial charge in [0.15, 0.2) is 0 Å². The van der Waals surface area contributed by atoms with Gasteiger partial charge in [-0.1, -0.05) is 0 Å². The Hall–Kier alpha value is -0.160. The van der Waals surface area contributed by atoms with Crippen LogP contribution in [0.25, 0.3) is 0 Å². The van der Waals surface area contributed by atoms with Crippen molar-refractivity contribution in [2.24, 2.45) is 0 Å². The maximum absolute atomic E-state index is 12.6. The highest BCUT2D eigenvalue weighted by atomic mass is 127. The Morgan fingerprint density at radius 1 is 1.45 bits per heavy atom. The number of hydrogen-bond acceptors (Lipinski definition) is 1. The van der Waals surface area contributed by atoms with Gasteiger partial charge in [0.25, 0.3) is 5.24 Å². The summed E-state index contributed by atoms with van der Waals surface area (Å²) in [5, 5.41) is -0.637. The lowest BCUT2D eigenvalue weighted by Gasteiger charge is -1.94. The molecule has 0 N–H and O–H groups in total. The van der Waals surface area contributed by atoms with Crippen LogP contribution in [0.2, 0.25) is 0 Å². The molecule has 58 valence electrons. The Kier molecular flexibility index (Phi) is 2.84. The van der Waals surface area contributed by atoms with Crippen LogP contribution < -0.4 is 0 Å². The lowest BCUT2D eigenvalue weighted by molar-refractivity contribution is 0.108. The van der Waals surface area contributed by atoms with Crippen molar-refractivity contribution in [1.82, 2.24) is 0 Å². The van der Waals surface area contributed by atoms with Crippen molar-refractivity contribution in [2.75, 3.05) is 0 Å². The van der Waals surface area contributed by atoms with Gasteiger partial charge < -0.3 is 0 Å². The molecular weight excluding hydrogens is 281 g/mol. The van der Waals surface area contributed by atoms with Crippen LogP contribution in [0, 0.1) is 9.39 Å². The van der Waals surface area contributed by atoms with E-state index in [1.807, 2.05) is 22.6 Å². The number of rotatable bonds is 1. The summed E-state index contributed by atoms with van der Waals surface area (Å²) >= 11 is 7.05. The van der Waals surface area contributed by atoms with Crippen LogP contribution in [-0.2, 0) is 0 Å². The van der Waals surface area contributed by atoms with Crippen molar-refractivity contribution in [3.63, 3.8) is 0 Å². The topological polar surface area (TPSA) is 17.1 Å². The molecule has 1 rings (SSSR count). The quantitative estimate of drug-likeness (QED) is 0.572. The van der Waals surface area contributed by atoms with Crippen molar-refractivity contribution in [3.8, 4) is 0 Å². The molecule has 1 aromatic carbocycles. The van der Waals surface area contributed by atoms with E-state index >= 15 is 0 Å². The number of halogens is 3. The highest BCUT2D eigenvalue weighted by molar-refractivity contribution is 14.1. The second-order valence-electron chi connectivity index (χ2n) is 1.93. The average molecular weight is 284 g/mol. The molecule has 0 aliphatic carbocycles. The van der Waals surface area contributed by atoms with Gasteiger partial charge in [-0.2, -0.15) is 0 Å². The summed E-state index contributed by atoms with van der Waals surface area (Å²) in [5.41, 5.74) is 0.191. The molecule has 11 heavy (non-hydrogen) atoms. The first-order valence-electron chi connectivity index (χ1n) is 2.75. The fraction of sp³-hybridized carbons (Fsp3) is 0. The number of carbonyl (C=O) groups excluding carboxylic acids is 1. The van der Waals surface area contributed by atoms with Crippen molar-refractivity contribution >= 4 is 39.4 Å². The second kappa shape index (κ2) is 3.49. The molecule has 0 saturated heterocycles. The Balaban J connectivity index is 3.19. The minimum Gasteiger partial charge on any atom is -0.276 e. The third kappa shape index (κ3) is 2.41. The summed E-state index contributed by atoms with van der Waals surface area (Å²) in [7, 11) is 0. The monoisotopic (exact) mass is 284 g/mol. The van der Waals surface area contributed by atoms with E-state index in [1.54, 1.807) is 0 Å². The van der Waals surface area contributed by atoms with Crippen LogP contribution in [0.1, 0.15) is 10.4 Å². The van der Waals surface area contributed by atoms with E-state index in [0.717, 1.165) is 6.07 Å². The van der Waals surface area contributed by atoms with Crippen molar-refractivity contribution in [2.45, 2.75) is 0 Å². The number of carbonyl (C=O) groups is 1. The van der Waals surface area contributed by atoms with Gasteiger partial charge in [-0.05, 0) is 52.4 Å². The van der Waals surface area contributed by atoms with Crippen LogP contribution in [0.3, 0.4) is 0 Å². The largest absolute Gasteiger partial charge is 0.276 e. The zero-order chi connectivity index (χ0) is 8.43. The maximum Gasteiger partial charge on any atom is 0.252 e. The first-order valence-corrected chi connectivity index (χ1v) is 4.21. The summed E-state index contributed by atoms with van der Waals surface area (Å²) in [4.78, 5) is 10.5. The zero-order valence-electron chi connectivity index (χ0n) is 5.27. The molecule has 1 aromatic rings. The number of hydrogen-bond donors (Lipinski definition) is 0. The van der Waals surface area contributed by atoms with Crippen molar-refractivity contribution in [1.29, 1.82) is 0 Å². The minimum atomic E-state index is -0.637. The van der Waals surface area contributed by atoms with Gasteiger partial charge in [0.1, 0.15) is 5.82 Å². The Morgan fingerprint density at radius 2 is 2.09 bits per heavy atom. The summed E-state index contributed by atoms with van der Waals surface area (Å²) in [6.07, 6.45) is 0. The van der Waals surface area contributed by atoms with E-state index in [9.17, 15) is 9.18 Å².